The van der Waals surface area contributed by atoms with Gasteiger partial charge in [0.05, 0.1) is 5.02 Å². The van der Waals surface area contributed by atoms with Gasteiger partial charge >= 0.3 is 5.97 Å². The third-order valence-electron chi connectivity index (χ3n) is 2.85. The third kappa shape index (κ3) is 3.34. The van der Waals surface area contributed by atoms with Gasteiger partial charge in [-0.3, -0.25) is 4.79 Å². The highest BCUT2D eigenvalue weighted by atomic mass is 35.5. The average molecular weight is 328 g/mol. The van der Waals surface area contributed by atoms with E-state index < -0.39 is 5.97 Å². The maximum absolute atomic E-state index is 12.0. The second-order valence-electron chi connectivity index (χ2n) is 4.27. The predicted octanol–water partition coefficient (Wildman–Crippen LogP) is 2.36. The smallest absolute Gasteiger partial charge is 0.354 e. The van der Waals surface area contributed by atoms with Crippen LogP contribution in [0.1, 0.15) is 26.5 Å². The highest BCUT2D eigenvalue weighted by Gasteiger charge is 2.15. The summed E-state index contributed by atoms with van der Waals surface area (Å²) in [6.07, 6.45) is 1.40. The first-order valence-corrected chi connectivity index (χ1v) is 6.63. The average Bonchev–Trinajstić information content (AvgIpc) is 2.73. The molecule has 1 amide bonds. The summed E-state index contributed by atoms with van der Waals surface area (Å²) >= 11 is 11.7. The molecule has 2 heterocycles. The summed E-state index contributed by atoms with van der Waals surface area (Å²) in [5, 5.41) is 12.0. The van der Waals surface area contributed by atoms with Crippen molar-refractivity contribution in [3.05, 3.63) is 51.5 Å². The van der Waals surface area contributed by atoms with E-state index >= 15 is 0 Å². The molecule has 6 nitrogen and oxygen atoms in total. The lowest BCUT2D eigenvalue weighted by Crippen LogP contribution is -2.25. The molecule has 0 bridgehead atoms. The Bertz CT molecular complexity index is 695. The summed E-state index contributed by atoms with van der Waals surface area (Å²) in [5.74, 6) is -1.44. The topological polar surface area (TPSA) is 84.2 Å². The lowest BCUT2D eigenvalue weighted by Gasteiger charge is -2.06. The zero-order valence-electron chi connectivity index (χ0n) is 10.9. The summed E-state index contributed by atoms with van der Waals surface area (Å²) in [6.45, 7) is 0.214. The molecule has 2 aromatic rings. The van der Waals surface area contributed by atoms with Crippen LogP contribution in [0.5, 0.6) is 0 Å². The van der Waals surface area contributed by atoms with Crippen molar-refractivity contribution in [3.63, 3.8) is 0 Å². The van der Waals surface area contributed by atoms with Gasteiger partial charge in [0, 0.05) is 19.8 Å². The van der Waals surface area contributed by atoms with Gasteiger partial charge in [0.25, 0.3) is 5.91 Å². The van der Waals surface area contributed by atoms with Gasteiger partial charge in [-0.05, 0) is 17.7 Å². The number of carboxylic acids is 1. The number of carbonyl (C=O) groups is 2. The summed E-state index contributed by atoms with van der Waals surface area (Å²) in [7, 11) is 1.63. The van der Waals surface area contributed by atoms with Crippen molar-refractivity contribution in [3.8, 4) is 0 Å². The van der Waals surface area contributed by atoms with Gasteiger partial charge in [-0.15, -0.1) is 0 Å². The Balaban J connectivity index is 2.04. The quantitative estimate of drug-likeness (QED) is 0.902. The molecule has 0 fully saturated rings. The summed E-state index contributed by atoms with van der Waals surface area (Å²) < 4.78 is 1.48. The molecule has 2 N–H and O–H groups in total. The zero-order chi connectivity index (χ0) is 15.6. The number of hydrogen-bond acceptors (Lipinski definition) is 3. The van der Waals surface area contributed by atoms with Crippen LogP contribution in [0.25, 0.3) is 0 Å². The van der Waals surface area contributed by atoms with Crippen LogP contribution in [-0.2, 0) is 13.6 Å². The lowest BCUT2D eigenvalue weighted by atomic mass is 10.2. The van der Waals surface area contributed by atoms with Gasteiger partial charge in [0.2, 0.25) is 0 Å². The number of pyridine rings is 1. The number of amides is 1. The van der Waals surface area contributed by atoms with E-state index in [1.165, 1.54) is 22.9 Å². The maximum Gasteiger partial charge on any atom is 0.354 e. The predicted molar refractivity (Wildman–Crippen MR) is 77.8 cm³/mol. The Kier molecular flexibility index (Phi) is 4.50. The van der Waals surface area contributed by atoms with E-state index in [-0.39, 0.29) is 23.3 Å². The molecule has 0 aromatic carbocycles. The molecule has 0 saturated carbocycles. The number of halogens is 2. The molecule has 8 heteroatoms. The van der Waals surface area contributed by atoms with E-state index in [9.17, 15) is 9.59 Å². The minimum Gasteiger partial charge on any atom is -0.477 e. The van der Waals surface area contributed by atoms with Crippen molar-refractivity contribution in [2.24, 2.45) is 7.05 Å². The molecule has 0 atom stereocenters. The normalized spacial score (nSPS) is 10.4. The van der Waals surface area contributed by atoms with E-state index in [4.69, 9.17) is 28.3 Å². The second kappa shape index (κ2) is 6.15. The SMILES string of the molecule is Cn1c(C(=O)NCc2ccc(C(=O)O)nc2)cc(Cl)c1Cl. The molecule has 0 aliphatic rings. The number of aromatic carboxylic acids is 1. The molecule has 110 valence electrons. The largest absolute Gasteiger partial charge is 0.477 e. The van der Waals surface area contributed by atoms with Crippen LogP contribution in [0.4, 0.5) is 0 Å². The fraction of sp³-hybridized carbons (Fsp3) is 0.154. The monoisotopic (exact) mass is 327 g/mol. The van der Waals surface area contributed by atoms with Crippen molar-refractivity contribution in [2.75, 3.05) is 0 Å². The van der Waals surface area contributed by atoms with Gasteiger partial charge in [0.15, 0.2) is 0 Å². The number of carbonyl (C=O) groups excluding carboxylic acids is 1. The van der Waals surface area contributed by atoms with Crippen LogP contribution in [0.3, 0.4) is 0 Å². The number of rotatable bonds is 4. The van der Waals surface area contributed by atoms with Crippen molar-refractivity contribution < 1.29 is 14.7 Å². The van der Waals surface area contributed by atoms with Crippen LogP contribution < -0.4 is 5.32 Å². The molecule has 0 unspecified atom stereocenters. The molecule has 21 heavy (non-hydrogen) atoms. The van der Waals surface area contributed by atoms with E-state index in [0.717, 1.165) is 0 Å². The van der Waals surface area contributed by atoms with Gasteiger partial charge < -0.3 is 15.0 Å². The molecule has 0 radical (unpaired) electrons. The fourth-order valence-electron chi connectivity index (χ4n) is 1.69. The van der Waals surface area contributed by atoms with Crippen LogP contribution in [-0.4, -0.2) is 26.5 Å². The third-order valence-corrected chi connectivity index (χ3v) is 3.69. The Morgan fingerprint density at radius 1 is 1.38 bits per heavy atom. The molecule has 0 aliphatic carbocycles. The van der Waals surface area contributed by atoms with E-state index in [0.29, 0.717) is 16.3 Å². The first-order valence-electron chi connectivity index (χ1n) is 5.87. The molecule has 0 aliphatic heterocycles. The summed E-state index contributed by atoms with van der Waals surface area (Å²) in [4.78, 5) is 26.5. The van der Waals surface area contributed by atoms with Gasteiger partial charge in [-0.1, -0.05) is 29.3 Å². The van der Waals surface area contributed by atoms with Gasteiger partial charge in [-0.2, -0.15) is 0 Å². The van der Waals surface area contributed by atoms with Crippen LogP contribution in [0, 0.1) is 0 Å². The number of nitrogens with one attached hydrogen (secondary N) is 1. The maximum atomic E-state index is 12.0. The highest BCUT2D eigenvalue weighted by Crippen LogP contribution is 2.24. The van der Waals surface area contributed by atoms with E-state index in [2.05, 4.69) is 10.3 Å². The van der Waals surface area contributed by atoms with E-state index in [1.54, 1.807) is 13.1 Å². The van der Waals surface area contributed by atoms with Crippen molar-refractivity contribution in [2.45, 2.75) is 6.54 Å². The number of aromatic nitrogens is 2. The Hall–Kier alpha value is -2.05. The highest BCUT2D eigenvalue weighted by molar-refractivity contribution is 6.41. The first kappa shape index (κ1) is 15.3. The van der Waals surface area contributed by atoms with Crippen molar-refractivity contribution in [1.82, 2.24) is 14.9 Å². The molecular formula is C13H11Cl2N3O3. The summed E-state index contributed by atoms with van der Waals surface area (Å²) in [6, 6.07) is 4.44. The van der Waals surface area contributed by atoms with Crippen molar-refractivity contribution in [1.29, 1.82) is 0 Å². The number of nitrogens with zero attached hydrogens (tertiary/aromatic N) is 2. The van der Waals surface area contributed by atoms with E-state index in [1.807, 2.05) is 0 Å². The minimum absolute atomic E-state index is 0.0499. The lowest BCUT2D eigenvalue weighted by molar-refractivity contribution is 0.0690. The van der Waals surface area contributed by atoms with Crippen LogP contribution >= 0.6 is 23.2 Å². The standard InChI is InChI=1S/C13H11Cl2N3O3/c1-18-10(4-8(14)11(18)15)12(19)17-6-7-2-3-9(13(20)21)16-5-7/h2-5H,6H2,1H3,(H,17,19)(H,20,21). The first-order chi connectivity index (χ1) is 9.90. The minimum atomic E-state index is -1.10. The fourth-order valence-corrected chi connectivity index (χ4v) is 2.06. The molecule has 0 saturated heterocycles. The van der Waals surface area contributed by atoms with Gasteiger partial charge in [-0.25, -0.2) is 9.78 Å². The van der Waals surface area contributed by atoms with Crippen molar-refractivity contribution >= 4 is 35.1 Å². The van der Waals surface area contributed by atoms with Gasteiger partial charge in [0.1, 0.15) is 16.5 Å². The summed E-state index contributed by atoms with van der Waals surface area (Å²) in [5.41, 5.74) is 0.964. The number of carboxylic acid groups (broad SMARTS) is 1. The van der Waals surface area contributed by atoms with Crippen LogP contribution in [0.2, 0.25) is 10.2 Å². The molecule has 0 spiro atoms. The second-order valence-corrected chi connectivity index (χ2v) is 5.03. The Morgan fingerprint density at radius 2 is 2.10 bits per heavy atom. The molecule has 2 aromatic heterocycles. The van der Waals surface area contributed by atoms with Crippen LogP contribution in [0.15, 0.2) is 24.4 Å². The molecule has 2 rings (SSSR count). The number of hydrogen-bond donors (Lipinski definition) is 2. The molecular weight excluding hydrogens is 317 g/mol. The Labute approximate surface area is 130 Å². The Morgan fingerprint density at radius 3 is 2.57 bits per heavy atom. The zero-order valence-corrected chi connectivity index (χ0v) is 12.4.